The Morgan fingerprint density at radius 1 is 1.19 bits per heavy atom. The van der Waals surface area contributed by atoms with Crippen molar-refractivity contribution in [3.05, 3.63) is 82.1 Å². The van der Waals surface area contributed by atoms with Gasteiger partial charge in [-0.2, -0.15) is 0 Å². The number of ether oxygens (including phenoxy) is 1. The zero-order valence-corrected chi connectivity index (χ0v) is 19.8. The monoisotopic (exact) mass is 487 g/mol. The van der Waals surface area contributed by atoms with E-state index in [1.807, 2.05) is 29.2 Å². The smallest absolute Gasteiger partial charge is 0.353 e. The first-order chi connectivity index (χ1) is 17.5. The van der Waals surface area contributed by atoms with E-state index in [9.17, 15) is 14.9 Å². The minimum atomic E-state index is -0.511. The van der Waals surface area contributed by atoms with Crippen LogP contribution in [0.3, 0.4) is 0 Å². The maximum Gasteiger partial charge on any atom is 0.353 e. The highest BCUT2D eigenvalue weighted by Crippen LogP contribution is 2.37. The molecule has 3 aromatic heterocycles. The number of H-pyrrole nitrogens is 1. The van der Waals surface area contributed by atoms with E-state index >= 15 is 0 Å². The lowest BCUT2D eigenvalue weighted by atomic mass is 10.0. The second-order valence-corrected chi connectivity index (χ2v) is 8.41. The maximum atomic E-state index is 12.4. The van der Waals surface area contributed by atoms with Gasteiger partial charge in [-0.3, -0.25) is 19.9 Å². The third-order valence-electron chi connectivity index (χ3n) is 6.15. The maximum absolute atomic E-state index is 12.4. The average Bonchev–Trinajstić information content (AvgIpc) is 3.26. The molecule has 0 fully saturated rings. The number of carbonyl (C=O) groups is 1. The van der Waals surface area contributed by atoms with Gasteiger partial charge in [-0.15, -0.1) is 0 Å². The van der Waals surface area contributed by atoms with Crippen molar-refractivity contribution >= 4 is 34.2 Å². The molecule has 0 radical (unpaired) electrons. The molecular formula is C25H25N7O4. The molecule has 0 bridgehead atoms. The predicted molar refractivity (Wildman–Crippen MR) is 134 cm³/mol. The van der Waals surface area contributed by atoms with Crippen molar-refractivity contribution in [3.8, 4) is 0 Å². The minimum absolute atomic E-state index is 0.0474. The third-order valence-corrected chi connectivity index (χ3v) is 6.15. The van der Waals surface area contributed by atoms with Crippen LogP contribution in [0.1, 0.15) is 23.9 Å². The number of nitro groups is 1. The molecule has 1 aliphatic rings. The molecule has 0 atom stereocenters. The Labute approximate surface area is 206 Å². The summed E-state index contributed by atoms with van der Waals surface area (Å²) >= 11 is 0. The molecule has 0 amide bonds. The van der Waals surface area contributed by atoms with Crippen molar-refractivity contribution in [1.29, 1.82) is 0 Å². The zero-order chi connectivity index (χ0) is 25.1. The Balaban J connectivity index is 1.52. The van der Waals surface area contributed by atoms with Crippen molar-refractivity contribution in [3.63, 3.8) is 0 Å². The van der Waals surface area contributed by atoms with Crippen LogP contribution in [0.25, 0.3) is 10.9 Å². The zero-order valence-electron chi connectivity index (χ0n) is 19.8. The highest BCUT2D eigenvalue weighted by atomic mass is 16.6. The number of nitrogens with one attached hydrogen (secondary N) is 1. The summed E-state index contributed by atoms with van der Waals surface area (Å²) in [4.78, 5) is 44.0. The molecule has 5 rings (SSSR count). The fourth-order valence-corrected chi connectivity index (χ4v) is 4.62. The summed E-state index contributed by atoms with van der Waals surface area (Å²) in [6.07, 6.45) is 3.65. The number of hydrogen-bond donors (Lipinski definition) is 1. The lowest BCUT2D eigenvalue weighted by Crippen LogP contribution is -2.34. The van der Waals surface area contributed by atoms with E-state index in [1.54, 1.807) is 25.3 Å². The van der Waals surface area contributed by atoms with E-state index in [-0.39, 0.29) is 37.0 Å². The molecule has 0 unspecified atom stereocenters. The van der Waals surface area contributed by atoms with Crippen LogP contribution in [-0.4, -0.2) is 50.5 Å². The molecule has 1 aliphatic heterocycles. The Morgan fingerprint density at radius 3 is 2.81 bits per heavy atom. The minimum Gasteiger partial charge on any atom is -0.465 e. The fraction of sp³-hybridized carbons (Fsp3) is 0.280. The Morgan fingerprint density at radius 2 is 2.03 bits per heavy atom. The number of benzene rings is 1. The highest BCUT2D eigenvalue weighted by Gasteiger charge is 2.33. The van der Waals surface area contributed by atoms with E-state index in [0.717, 1.165) is 17.6 Å². The van der Waals surface area contributed by atoms with E-state index < -0.39 is 10.9 Å². The summed E-state index contributed by atoms with van der Waals surface area (Å²) in [7, 11) is 0. The Hall–Kier alpha value is -4.54. The number of rotatable bonds is 8. The average molecular weight is 488 g/mol. The third kappa shape index (κ3) is 4.54. The van der Waals surface area contributed by atoms with Gasteiger partial charge in [0.05, 0.1) is 30.3 Å². The Bertz CT molecular complexity index is 1410. The van der Waals surface area contributed by atoms with E-state index in [1.165, 1.54) is 22.2 Å². The first-order valence-electron chi connectivity index (χ1n) is 11.7. The molecule has 1 N–H and O–H groups in total. The van der Waals surface area contributed by atoms with Gasteiger partial charge in [0.15, 0.2) is 0 Å². The van der Waals surface area contributed by atoms with Gasteiger partial charge < -0.3 is 19.5 Å². The summed E-state index contributed by atoms with van der Waals surface area (Å²) in [6.45, 7) is 2.84. The first-order valence-corrected chi connectivity index (χ1v) is 11.7. The fourth-order valence-electron chi connectivity index (χ4n) is 4.62. The number of esters is 1. The molecular weight excluding hydrogens is 462 g/mol. The van der Waals surface area contributed by atoms with Gasteiger partial charge in [-0.1, -0.05) is 24.3 Å². The summed E-state index contributed by atoms with van der Waals surface area (Å²) < 4.78 is 5.12. The summed E-state index contributed by atoms with van der Waals surface area (Å²) in [5.74, 6) is -0.251. The van der Waals surface area contributed by atoms with Crippen LogP contribution in [0.4, 0.5) is 17.3 Å². The van der Waals surface area contributed by atoms with Gasteiger partial charge in [-0.05, 0) is 37.1 Å². The van der Waals surface area contributed by atoms with Crippen LogP contribution in [0, 0.1) is 10.1 Å². The normalized spacial score (nSPS) is 12.9. The number of aromatic nitrogens is 4. The van der Waals surface area contributed by atoms with Crippen molar-refractivity contribution < 1.29 is 14.5 Å². The largest absolute Gasteiger partial charge is 0.465 e. The van der Waals surface area contributed by atoms with Crippen LogP contribution in [0.5, 0.6) is 0 Å². The van der Waals surface area contributed by atoms with Gasteiger partial charge >= 0.3 is 11.7 Å². The van der Waals surface area contributed by atoms with Crippen LogP contribution in [0.15, 0.2) is 55.0 Å². The number of hydrogen-bond acceptors (Lipinski definition) is 9. The number of fused-ring (bicyclic) bond motifs is 3. The van der Waals surface area contributed by atoms with Gasteiger partial charge in [0.2, 0.25) is 11.6 Å². The van der Waals surface area contributed by atoms with Gasteiger partial charge in [0, 0.05) is 29.3 Å². The molecule has 4 heterocycles. The number of carbonyl (C=O) groups excluding carboxylic acids is 1. The number of aromatic amines is 1. The van der Waals surface area contributed by atoms with Crippen LogP contribution in [0.2, 0.25) is 0 Å². The molecule has 4 aromatic rings. The molecule has 184 valence electrons. The summed E-state index contributed by atoms with van der Waals surface area (Å²) in [6, 6.07) is 13.5. The number of anilines is 2. The van der Waals surface area contributed by atoms with Crippen LogP contribution < -0.4 is 9.80 Å². The molecule has 0 saturated carbocycles. The molecule has 0 spiro atoms. The van der Waals surface area contributed by atoms with Gasteiger partial charge in [-0.25, -0.2) is 9.97 Å². The standard InChI is InChI=1S/C25H25N7O4/c1-2-36-22(33)15-31(13-17-7-5-6-11-26-17)25-23(32(34)35)24(27-16-28-25)30-12-10-19-18-8-3-4-9-20(18)29-21(19)14-30/h3-9,11,16,29H,2,10,12-15H2,1H3. The molecule has 11 heteroatoms. The first kappa shape index (κ1) is 23.2. The lowest BCUT2D eigenvalue weighted by Gasteiger charge is -2.29. The predicted octanol–water partition coefficient (Wildman–Crippen LogP) is 3.39. The SMILES string of the molecule is CCOC(=O)CN(Cc1ccccn1)c1ncnc(N2CCc3c([nH]c4ccccc34)C2)c1[N+](=O)[O-]. The van der Waals surface area contributed by atoms with E-state index in [4.69, 9.17) is 4.74 Å². The molecule has 1 aromatic carbocycles. The quantitative estimate of drug-likeness (QED) is 0.226. The molecule has 0 aliphatic carbocycles. The second-order valence-electron chi connectivity index (χ2n) is 8.41. The molecule has 36 heavy (non-hydrogen) atoms. The lowest BCUT2D eigenvalue weighted by molar-refractivity contribution is -0.383. The number of para-hydroxylation sites is 1. The molecule has 0 saturated heterocycles. The highest BCUT2D eigenvalue weighted by molar-refractivity contribution is 5.85. The van der Waals surface area contributed by atoms with Crippen molar-refractivity contribution in [2.75, 3.05) is 29.5 Å². The summed E-state index contributed by atoms with van der Waals surface area (Å²) in [5.41, 5.74) is 3.65. The van der Waals surface area contributed by atoms with Crippen molar-refractivity contribution in [2.24, 2.45) is 0 Å². The van der Waals surface area contributed by atoms with Gasteiger partial charge in [0.1, 0.15) is 12.9 Å². The summed E-state index contributed by atoms with van der Waals surface area (Å²) in [5, 5.41) is 13.5. The number of nitrogens with zero attached hydrogens (tertiary/aromatic N) is 6. The van der Waals surface area contributed by atoms with Crippen LogP contribution in [-0.2, 0) is 29.0 Å². The van der Waals surface area contributed by atoms with Crippen LogP contribution >= 0.6 is 0 Å². The van der Waals surface area contributed by atoms with Crippen molar-refractivity contribution in [2.45, 2.75) is 26.4 Å². The van der Waals surface area contributed by atoms with Gasteiger partial charge in [0.25, 0.3) is 0 Å². The topological polar surface area (TPSA) is 130 Å². The van der Waals surface area contributed by atoms with Crippen molar-refractivity contribution in [1.82, 2.24) is 19.9 Å². The Kier molecular flexibility index (Phi) is 6.44. The van der Waals surface area contributed by atoms with E-state index in [2.05, 4.69) is 26.0 Å². The number of pyridine rings is 1. The molecule has 11 nitrogen and oxygen atoms in total. The second kappa shape index (κ2) is 9.98. The van der Waals surface area contributed by atoms with E-state index in [0.29, 0.717) is 18.8 Å².